The van der Waals surface area contributed by atoms with Gasteiger partial charge in [-0.2, -0.15) is 0 Å². The molecule has 46 heavy (non-hydrogen) atoms. The lowest BCUT2D eigenvalue weighted by Gasteiger charge is -2.26. The number of anilines is 3. The maximum absolute atomic E-state index is 6.58. The van der Waals surface area contributed by atoms with E-state index in [1.807, 2.05) is 72.8 Å². The van der Waals surface area contributed by atoms with Gasteiger partial charge in [-0.05, 0) is 60.0 Å². The largest absolute Gasteiger partial charge is 0.456 e. The summed E-state index contributed by atoms with van der Waals surface area (Å²) in [5, 5.41) is 6.40. The van der Waals surface area contributed by atoms with E-state index in [9.17, 15) is 0 Å². The normalized spacial score (nSPS) is 11.9. The lowest BCUT2D eigenvalue weighted by molar-refractivity contribution is 0.623. The molecule has 0 aliphatic heterocycles. The fourth-order valence-corrected chi connectivity index (χ4v) is 6.73. The molecule has 0 saturated heterocycles. The molecule has 0 aliphatic carbocycles. The summed E-state index contributed by atoms with van der Waals surface area (Å²) in [5.41, 5.74) is 8.55. The Balaban J connectivity index is 1.28. The van der Waals surface area contributed by atoms with Crippen LogP contribution in [0.4, 0.5) is 17.1 Å². The molecular formula is C41H24N2O3. The minimum Gasteiger partial charge on any atom is -0.456 e. The lowest BCUT2D eigenvalue weighted by Crippen LogP contribution is -2.10. The van der Waals surface area contributed by atoms with Crippen molar-refractivity contribution in [1.29, 1.82) is 0 Å². The molecule has 3 aromatic heterocycles. The highest BCUT2D eigenvalue weighted by atomic mass is 16.3. The standard InChI is InChI=1S/C41H24N2O3/c1-2-10-25(11-3-1)41-42-39-34(22-26-12-4-5-13-29(26)40(39)46-41)43(27-18-20-32-30-14-6-8-16-35(30)44-37(32)23-27)28-19-21-33-31-15-7-9-17-36(31)45-38(33)24-28/h1-24H. The van der Waals surface area contributed by atoms with Crippen molar-refractivity contribution in [3.63, 3.8) is 0 Å². The first-order chi connectivity index (χ1) is 22.8. The first-order valence-corrected chi connectivity index (χ1v) is 15.3. The fraction of sp³-hybridized carbons (Fsp3) is 0. The molecule has 3 heterocycles. The van der Waals surface area contributed by atoms with Gasteiger partial charge in [-0.25, -0.2) is 4.98 Å². The lowest BCUT2D eigenvalue weighted by atomic mass is 10.1. The molecule has 7 aromatic carbocycles. The van der Waals surface area contributed by atoms with E-state index < -0.39 is 0 Å². The van der Waals surface area contributed by atoms with E-state index in [0.29, 0.717) is 5.89 Å². The van der Waals surface area contributed by atoms with Gasteiger partial charge in [0.2, 0.25) is 5.89 Å². The van der Waals surface area contributed by atoms with Gasteiger partial charge in [0.15, 0.2) is 5.58 Å². The van der Waals surface area contributed by atoms with Gasteiger partial charge in [-0.1, -0.05) is 78.9 Å². The first-order valence-electron chi connectivity index (χ1n) is 15.3. The number of oxazole rings is 1. The van der Waals surface area contributed by atoms with Gasteiger partial charge in [-0.15, -0.1) is 0 Å². The number of para-hydroxylation sites is 2. The Morgan fingerprint density at radius 2 is 0.978 bits per heavy atom. The van der Waals surface area contributed by atoms with Crippen molar-refractivity contribution in [3.05, 3.63) is 146 Å². The zero-order chi connectivity index (χ0) is 30.2. The van der Waals surface area contributed by atoms with Crippen LogP contribution in [0, 0.1) is 0 Å². The summed E-state index contributed by atoms with van der Waals surface area (Å²) in [4.78, 5) is 7.37. The molecule has 0 unspecified atom stereocenters. The quantitative estimate of drug-likeness (QED) is 0.203. The minimum atomic E-state index is 0.577. The van der Waals surface area contributed by atoms with Gasteiger partial charge in [0.1, 0.15) is 27.8 Å². The molecule has 0 atom stereocenters. The van der Waals surface area contributed by atoms with Gasteiger partial charge in [0, 0.05) is 56.0 Å². The first kappa shape index (κ1) is 25.0. The summed E-state index contributed by atoms with van der Waals surface area (Å²) in [6, 6.07) is 49.6. The number of fused-ring (bicyclic) bond motifs is 9. The van der Waals surface area contributed by atoms with Crippen LogP contribution in [-0.2, 0) is 0 Å². The van der Waals surface area contributed by atoms with E-state index in [4.69, 9.17) is 18.2 Å². The zero-order valence-corrected chi connectivity index (χ0v) is 24.5. The van der Waals surface area contributed by atoms with Crippen molar-refractivity contribution in [2.24, 2.45) is 0 Å². The molecule has 216 valence electrons. The predicted molar refractivity (Wildman–Crippen MR) is 186 cm³/mol. The third-order valence-corrected chi connectivity index (χ3v) is 8.87. The summed E-state index contributed by atoms with van der Waals surface area (Å²) < 4.78 is 19.3. The molecule has 0 fully saturated rings. The number of rotatable bonds is 4. The summed E-state index contributed by atoms with van der Waals surface area (Å²) in [5.74, 6) is 0.577. The van der Waals surface area contributed by atoms with E-state index in [0.717, 1.165) is 88.4 Å². The van der Waals surface area contributed by atoms with Gasteiger partial charge in [-0.3, -0.25) is 0 Å². The molecule has 0 aliphatic rings. The van der Waals surface area contributed by atoms with Crippen LogP contribution >= 0.6 is 0 Å². The molecule has 0 bridgehead atoms. The molecular weight excluding hydrogens is 568 g/mol. The summed E-state index contributed by atoms with van der Waals surface area (Å²) >= 11 is 0. The molecule has 0 N–H and O–H groups in total. The number of aromatic nitrogens is 1. The van der Waals surface area contributed by atoms with Crippen LogP contribution in [-0.4, -0.2) is 4.98 Å². The molecule has 10 aromatic rings. The van der Waals surface area contributed by atoms with Crippen LogP contribution in [0.2, 0.25) is 0 Å². The average Bonchev–Trinajstić information content (AvgIpc) is 3.82. The molecule has 0 amide bonds. The molecule has 5 nitrogen and oxygen atoms in total. The second-order valence-electron chi connectivity index (χ2n) is 11.6. The van der Waals surface area contributed by atoms with Gasteiger partial charge in [0.05, 0.1) is 5.69 Å². The van der Waals surface area contributed by atoms with E-state index in [1.54, 1.807) is 0 Å². The molecule has 0 radical (unpaired) electrons. The van der Waals surface area contributed by atoms with Crippen molar-refractivity contribution in [1.82, 2.24) is 4.98 Å². The second kappa shape index (κ2) is 9.58. The van der Waals surface area contributed by atoms with Crippen LogP contribution < -0.4 is 4.90 Å². The Labute approximate surface area is 262 Å². The zero-order valence-electron chi connectivity index (χ0n) is 24.5. The average molecular weight is 593 g/mol. The Morgan fingerprint density at radius 1 is 0.435 bits per heavy atom. The molecule has 0 saturated carbocycles. The fourth-order valence-electron chi connectivity index (χ4n) is 6.73. The molecule has 0 spiro atoms. The number of benzene rings is 7. The van der Waals surface area contributed by atoms with Crippen molar-refractivity contribution in [2.75, 3.05) is 4.90 Å². The van der Waals surface area contributed by atoms with Crippen molar-refractivity contribution >= 4 is 82.8 Å². The van der Waals surface area contributed by atoms with Crippen molar-refractivity contribution < 1.29 is 13.3 Å². The Kier molecular flexibility index (Phi) is 5.22. The van der Waals surface area contributed by atoms with Crippen molar-refractivity contribution in [2.45, 2.75) is 0 Å². The van der Waals surface area contributed by atoms with Crippen LogP contribution in [0.15, 0.2) is 159 Å². The number of hydrogen-bond donors (Lipinski definition) is 0. The van der Waals surface area contributed by atoms with E-state index >= 15 is 0 Å². The number of furan rings is 2. The predicted octanol–water partition coefficient (Wildman–Crippen LogP) is 11.9. The van der Waals surface area contributed by atoms with Gasteiger partial charge >= 0.3 is 0 Å². The summed E-state index contributed by atoms with van der Waals surface area (Å²) in [6.07, 6.45) is 0. The molecule has 5 heteroatoms. The highest BCUT2D eigenvalue weighted by Gasteiger charge is 2.23. The number of nitrogens with zero attached hydrogens (tertiary/aromatic N) is 2. The van der Waals surface area contributed by atoms with Crippen LogP contribution in [0.1, 0.15) is 0 Å². The van der Waals surface area contributed by atoms with Crippen molar-refractivity contribution in [3.8, 4) is 11.5 Å². The SMILES string of the molecule is c1ccc(-c2nc3c(N(c4ccc5c(c4)oc4ccccc45)c4ccc5c(c4)oc4ccccc45)cc4ccccc4c3o2)cc1. The Bertz CT molecular complexity index is 2660. The van der Waals surface area contributed by atoms with Crippen LogP contribution in [0.25, 0.3) is 77.2 Å². The highest BCUT2D eigenvalue weighted by molar-refractivity contribution is 6.13. The van der Waals surface area contributed by atoms with Crippen LogP contribution in [0.5, 0.6) is 0 Å². The number of hydrogen-bond acceptors (Lipinski definition) is 5. The smallest absolute Gasteiger partial charge is 0.227 e. The monoisotopic (exact) mass is 592 g/mol. The maximum Gasteiger partial charge on any atom is 0.227 e. The second-order valence-corrected chi connectivity index (χ2v) is 11.6. The highest BCUT2D eigenvalue weighted by Crippen LogP contribution is 2.45. The Morgan fingerprint density at radius 3 is 1.63 bits per heavy atom. The Hall–Kier alpha value is -6.33. The third kappa shape index (κ3) is 3.72. The summed E-state index contributed by atoms with van der Waals surface area (Å²) in [6.45, 7) is 0. The third-order valence-electron chi connectivity index (χ3n) is 8.87. The maximum atomic E-state index is 6.58. The van der Waals surface area contributed by atoms with Gasteiger partial charge in [0.25, 0.3) is 0 Å². The molecule has 10 rings (SSSR count). The van der Waals surface area contributed by atoms with E-state index in [1.165, 1.54) is 0 Å². The van der Waals surface area contributed by atoms with Gasteiger partial charge < -0.3 is 18.2 Å². The van der Waals surface area contributed by atoms with E-state index in [-0.39, 0.29) is 0 Å². The van der Waals surface area contributed by atoms with E-state index in [2.05, 4.69) is 77.7 Å². The van der Waals surface area contributed by atoms with Crippen LogP contribution in [0.3, 0.4) is 0 Å². The topological polar surface area (TPSA) is 55.6 Å². The minimum absolute atomic E-state index is 0.577. The summed E-state index contributed by atoms with van der Waals surface area (Å²) in [7, 11) is 0.